The molecule has 152 valence electrons. The highest BCUT2D eigenvalue weighted by Crippen LogP contribution is 2.24. The van der Waals surface area contributed by atoms with Gasteiger partial charge in [-0.25, -0.2) is 0 Å². The van der Waals surface area contributed by atoms with Crippen LogP contribution in [0.5, 0.6) is 0 Å². The van der Waals surface area contributed by atoms with Crippen molar-refractivity contribution in [1.82, 2.24) is 9.88 Å². The number of nitrogens with one attached hydrogen (secondary N) is 1. The first kappa shape index (κ1) is 20.2. The molecule has 3 aromatic carbocycles. The van der Waals surface area contributed by atoms with Crippen molar-refractivity contribution in [2.24, 2.45) is 0 Å². The molecule has 1 aromatic heterocycles. The van der Waals surface area contributed by atoms with E-state index < -0.39 is 0 Å². The molecule has 0 atom stereocenters. The van der Waals surface area contributed by atoms with Crippen LogP contribution in [0.25, 0.3) is 17.0 Å². The standard InChI is InChI=1S/C27H23N3O/c28-18-23(27(31)29-16-15-21-9-3-1-4-10-21)17-24-20-30(19-22-11-5-2-6-12-22)26-14-8-7-13-25(24)26/h1-14,17,20H,15-16,19H2,(H,29,31)/b23-17+. The first-order valence-electron chi connectivity index (χ1n) is 10.3. The zero-order valence-corrected chi connectivity index (χ0v) is 17.2. The van der Waals surface area contributed by atoms with Crippen LogP contribution in [-0.2, 0) is 17.8 Å². The van der Waals surface area contributed by atoms with Crippen molar-refractivity contribution >= 4 is 22.9 Å². The molecule has 0 radical (unpaired) electrons. The van der Waals surface area contributed by atoms with Gasteiger partial charge >= 0.3 is 0 Å². The van der Waals surface area contributed by atoms with Crippen molar-refractivity contribution in [2.75, 3.05) is 6.54 Å². The number of fused-ring (bicyclic) bond motifs is 1. The summed E-state index contributed by atoms with van der Waals surface area (Å²) in [5, 5.41) is 13.5. The topological polar surface area (TPSA) is 57.8 Å². The van der Waals surface area contributed by atoms with E-state index in [4.69, 9.17) is 0 Å². The summed E-state index contributed by atoms with van der Waals surface area (Å²) in [7, 11) is 0. The molecule has 4 rings (SSSR count). The van der Waals surface area contributed by atoms with E-state index in [1.54, 1.807) is 6.08 Å². The molecule has 4 aromatic rings. The summed E-state index contributed by atoms with van der Waals surface area (Å²) in [6.07, 6.45) is 4.41. The van der Waals surface area contributed by atoms with Crippen LogP contribution in [0.1, 0.15) is 16.7 Å². The van der Waals surface area contributed by atoms with Gasteiger partial charge < -0.3 is 9.88 Å². The Morgan fingerprint density at radius 2 is 1.55 bits per heavy atom. The highest BCUT2D eigenvalue weighted by Gasteiger charge is 2.12. The van der Waals surface area contributed by atoms with Gasteiger partial charge in [-0.1, -0.05) is 78.9 Å². The van der Waals surface area contributed by atoms with Gasteiger partial charge in [-0.05, 0) is 29.7 Å². The number of benzene rings is 3. The Bertz CT molecular complexity index is 1250. The molecule has 0 aliphatic rings. The highest BCUT2D eigenvalue weighted by molar-refractivity contribution is 6.04. The Kier molecular flexibility index (Phi) is 6.25. The van der Waals surface area contributed by atoms with E-state index in [0.717, 1.165) is 35.0 Å². The quantitative estimate of drug-likeness (QED) is 0.349. The first-order chi connectivity index (χ1) is 15.2. The number of nitrogens with zero attached hydrogens (tertiary/aromatic N) is 2. The van der Waals surface area contributed by atoms with Crippen molar-refractivity contribution in [3.63, 3.8) is 0 Å². The SMILES string of the molecule is N#C/C(=C\c1cn(Cc2ccccc2)c2ccccc12)C(=O)NCCc1ccccc1. The van der Waals surface area contributed by atoms with E-state index in [1.807, 2.05) is 72.9 Å². The van der Waals surface area contributed by atoms with Crippen molar-refractivity contribution < 1.29 is 4.79 Å². The van der Waals surface area contributed by atoms with Gasteiger partial charge in [0.25, 0.3) is 5.91 Å². The molecule has 0 aliphatic carbocycles. The first-order valence-corrected chi connectivity index (χ1v) is 10.3. The van der Waals surface area contributed by atoms with E-state index in [-0.39, 0.29) is 11.5 Å². The van der Waals surface area contributed by atoms with Crippen LogP contribution < -0.4 is 5.32 Å². The van der Waals surface area contributed by atoms with Crippen LogP contribution in [0.15, 0.2) is 96.7 Å². The molecule has 31 heavy (non-hydrogen) atoms. The molecular formula is C27H23N3O. The molecule has 0 fully saturated rings. The monoisotopic (exact) mass is 405 g/mol. The third-order valence-electron chi connectivity index (χ3n) is 5.22. The van der Waals surface area contributed by atoms with E-state index in [0.29, 0.717) is 6.54 Å². The number of para-hydroxylation sites is 1. The van der Waals surface area contributed by atoms with Crippen molar-refractivity contribution in [3.05, 3.63) is 113 Å². The molecule has 4 nitrogen and oxygen atoms in total. The lowest BCUT2D eigenvalue weighted by molar-refractivity contribution is -0.117. The molecule has 0 bridgehead atoms. The Balaban J connectivity index is 1.55. The average Bonchev–Trinajstić information content (AvgIpc) is 3.16. The van der Waals surface area contributed by atoms with E-state index in [2.05, 4.69) is 34.2 Å². The second kappa shape index (κ2) is 9.60. The lowest BCUT2D eigenvalue weighted by atomic mass is 10.1. The van der Waals surface area contributed by atoms with Crippen molar-refractivity contribution in [1.29, 1.82) is 5.26 Å². The normalized spacial score (nSPS) is 11.3. The number of carbonyl (C=O) groups excluding carboxylic acids is 1. The molecule has 0 saturated heterocycles. The van der Waals surface area contributed by atoms with Gasteiger partial charge in [-0.2, -0.15) is 5.26 Å². The van der Waals surface area contributed by atoms with E-state index in [9.17, 15) is 10.1 Å². The molecule has 4 heteroatoms. The molecule has 1 amide bonds. The second-order valence-corrected chi connectivity index (χ2v) is 7.38. The number of carbonyl (C=O) groups is 1. The minimum Gasteiger partial charge on any atom is -0.351 e. The maximum atomic E-state index is 12.6. The predicted molar refractivity (Wildman–Crippen MR) is 124 cm³/mol. The van der Waals surface area contributed by atoms with Gasteiger partial charge in [-0.15, -0.1) is 0 Å². The van der Waals surface area contributed by atoms with Gasteiger partial charge in [0.15, 0.2) is 0 Å². The minimum atomic E-state index is -0.349. The molecule has 0 saturated carbocycles. The summed E-state index contributed by atoms with van der Waals surface area (Å²) in [6, 6.07) is 30.3. The van der Waals surface area contributed by atoms with E-state index in [1.165, 1.54) is 5.56 Å². The zero-order chi connectivity index (χ0) is 21.5. The maximum Gasteiger partial charge on any atom is 0.261 e. The van der Waals surface area contributed by atoms with Crippen LogP contribution in [0, 0.1) is 11.3 Å². The summed E-state index contributed by atoms with van der Waals surface area (Å²) in [5.74, 6) is -0.349. The number of amides is 1. The molecule has 1 heterocycles. The van der Waals surface area contributed by atoms with Gasteiger partial charge in [-0.3, -0.25) is 4.79 Å². The zero-order valence-electron chi connectivity index (χ0n) is 17.2. The lowest BCUT2D eigenvalue weighted by Crippen LogP contribution is -2.26. The molecule has 1 N–H and O–H groups in total. The smallest absolute Gasteiger partial charge is 0.261 e. The summed E-state index contributed by atoms with van der Waals surface area (Å²) in [6.45, 7) is 1.21. The third kappa shape index (κ3) is 4.91. The number of hydrogen-bond donors (Lipinski definition) is 1. The lowest BCUT2D eigenvalue weighted by Gasteiger charge is -2.05. The number of nitriles is 1. The number of aromatic nitrogens is 1. The third-order valence-corrected chi connectivity index (χ3v) is 5.22. The number of hydrogen-bond acceptors (Lipinski definition) is 2. The van der Waals surface area contributed by atoms with Crippen LogP contribution in [0.3, 0.4) is 0 Å². The van der Waals surface area contributed by atoms with Crippen LogP contribution >= 0.6 is 0 Å². The Labute approximate surface area is 182 Å². The van der Waals surface area contributed by atoms with Gasteiger partial charge in [0.05, 0.1) is 0 Å². The summed E-state index contributed by atoms with van der Waals surface area (Å²) in [4.78, 5) is 12.6. The Morgan fingerprint density at radius 1 is 0.903 bits per heavy atom. The summed E-state index contributed by atoms with van der Waals surface area (Å²) >= 11 is 0. The predicted octanol–water partition coefficient (Wildman–Crippen LogP) is 4.96. The average molecular weight is 406 g/mol. The maximum absolute atomic E-state index is 12.6. The Hall–Kier alpha value is -4.10. The minimum absolute atomic E-state index is 0.107. The second-order valence-electron chi connectivity index (χ2n) is 7.38. The van der Waals surface area contributed by atoms with Crippen LogP contribution in [0.4, 0.5) is 0 Å². The van der Waals surface area contributed by atoms with Gasteiger partial charge in [0, 0.05) is 35.8 Å². The van der Waals surface area contributed by atoms with E-state index >= 15 is 0 Å². The van der Waals surface area contributed by atoms with Gasteiger partial charge in [0.2, 0.25) is 0 Å². The van der Waals surface area contributed by atoms with Gasteiger partial charge in [0.1, 0.15) is 11.6 Å². The van der Waals surface area contributed by atoms with Crippen LogP contribution in [-0.4, -0.2) is 17.0 Å². The molecule has 0 aliphatic heterocycles. The highest BCUT2D eigenvalue weighted by atomic mass is 16.1. The Morgan fingerprint density at radius 3 is 2.26 bits per heavy atom. The summed E-state index contributed by atoms with van der Waals surface area (Å²) in [5.41, 5.74) is 4.38. The molecule has 0 spiro atoms. The summed E-state index contributed by atoms with van der Waals surface area (Å²) < 4.78 is 2.15. The fraction of sp³-hybridized carbons (Fsp3) is 0.111. The van der Waals surface area contributed by atoms with Crippen molar-refractivity contribution in [2.45, 2.75) is 13.0 Å². The largest absolute Gasteiger partial charge is 0.351 e. The van der Waals surface area contributed by atoms with Crippen LogP contribution in [0.2, 0.25) is 0 Å². The fourth-order valence-electron chi connectivity index (χ4n) is 3.67. The molecular weight excluding hydrogens is 382 g/mol. The van der Waals surface area contributed by atoms with Crippen molar-refractivity contribution in [3.8, 4) is 6.07 Å². The molecule has 0 unspecified atom stereocenters. The fourth-order valence-corrected chi connectivity index (χ4v) is 3.67. The number of rotatable bonds is 7.